The molecule has 564 valence electrons. The molecule has 4 N–H and O–H groups in total. The van der Waals surface area contributed by atoms with Gasteiger partial charge in [0.05, 0.1) is 26.4 Å². The summed E-state index contributed by atoms with van der Waals surface area (Å²) < 4.78 is 61.0. The molecule has 0 saturated heterocycles. The minimum atomic E-state index is -4.92. The van der Waals surface area contributed by atoms with E-state index in [-0.39, 0.29) is 19.3 Å². The highest BCUT2D eigenvalue weighted by atomic mass is 31.2. The molecule has 0 heterocycles. The van der Waals surface area contributed by atoms with Gasteiger partial charge in [0, 0.05) is 19.3 Å². The second kappa shape index (κ2) is 72.5. The fraction of sp³-hybridized carbons (Fsp3) is 0.785. The predicted molar refractivity (Wildman–Crippen MR) is 399 cm³/mol. The van der Waals surface area contributed by atoms with E-state index in [1.54, 1.807) is 0 Å². The fourth-order valence-corrected chi connectivity index (χ4v) is 12.3. The van der Waals surface area contributed by atoms with E-state index in [0.717, 1.165) is 128 Å². The number of aliphatic hydroxyl groups is 2. The van der Waals surface area contributed by atoms with Crippen LogP contribution < -0.4 is 0 Å². The number of allylic oxidation sites excluding steroid dienone is 14. The second-order valence-corrected chi connectivity index (χ2v) is 29.0. The second-order valence-electron chi connectivity index (χ2n) is 26.1. The summed E-state index contributed by atoms with van der Waals surface area (Å²) in [5.41, 5.74) is 0. The molecule has 18 heteroatoms. The first-order valence-corrected chi connectivity index (χ1v) is 41.9. The summed E-state index contributed by atoms with van der Waals surface area (Å²) in [5, 5.41) is 20.6. The van der Waals surface area contributed by atoms with Gasteiger partial charge in [-0.2, -0.15) is 0 Å². The first-order valence-electron chi connectivity index (χ1n) is 38.9. The van der Waals surface area contributed by atoms with Crippen LogP contribution in [0.2, 0.25) is 0 Å². The van der Waals surface area contributed by atoms with Crippen molar-refractivity contribution < 1.29 is 75.8 Å². The molecule has 0 radical (unpaired) electrons. The number of unbranched alkanes of at least 4 members (excludes halogenated alkanes) is 37. The lowest BCUT2D eigenvalue weighted by molar-refractivity contribution is -0.161. The van der Waals surface area contributed by atoms with Crippen LogP contribution in [0.25, 0.3) is 0 Å². The van der Waals surface area contributed by atoms with Gasteiger partial charge in [-0.25, -0.2) is 9.13 Å². The van der Waals surface area contributed by atoms with Crippen LogP contribution in [0.3, 0.4) is 0 Å². The number of phosphoric acid groups is 2. The monoisotopic (exact) mass is 1410 g/mol. The number of phosphoric ester groups is 2. The van der Waals surface area contributed by atoms with Crippen molar-refractivity contribution in [3.05, 3.63) is 85.1 Å². The lowest BCUT2D eigenvalue weighted by Gasteiger charge is -2.21. The Balaban J connectivity index is 4.36. The third kappa shape index (κ3) is 73.8. The molecule has 0 saturated carbocycles. The number of ether oxygens (including phenoxy) is 3. The van der Waals surface area contributed by atoms with Crippen LogP contribution in [-0.2, 0) is 55.8 Å². The van der Waals surface area contributed by atoms with E-state index in [2.05, 4.69) is 106 Å². The maximum atomic E-state index is 12.9. The van der Waals surface area contributed by atoms with Crippen molar-refractivity contribution in [3.8, 4) is 0 Å². The van der Waals surface area contributed by atoms with Crippen molar-refractivity contribution in [3.63, 3.8) is 0 Å². The summed E-state index contributed by atoms with van der Waals surface area (Å²) in [6, 6.07) is 0. The van der Waals surface area contributed by atoms with Crippen molar-refractivity contribution in [1.82, 2.24) is 0 Å². The minimum Gasteiger partial charge on any atom is -0.463 e. The number of rotatable bonds is 74. The molecular formula is C79H142O16P2. The molecule has 0 aromatic heterocycles. The molecule has 0 rings (SSSR count). The smallest absolute Gasteiger partial charge is 0.463 e. The highest BCUT2D eigenvalue weighted by Gasteiger charge is 2.29. The SMILES string of the molecule is CC/C=C\C/C=C\C/C=C\C/C=C\C/C=C\C/C=C\CCCCCCCCCCCCCCCCC(=O)OCC(O)COP(=O)(O)OCC(O)COP(=O)(O)OCC(COC(=O)CCCCCCC/C=C\CCCCCCCC)OC(=O)CCCCCCCCCCCCCCC. The van der Waals surface area contributed by atoms with Crippen molar-refractivity contribution in [2.24, 2.45) is 0 Å². The molecule has 0 aliphatic carbocycles. The molecule has 0 fully saturated rings. The Morgan fingerprint density at radius 2 is 0.546 bits per heavy atom. The maximum Gasteiger partial charge on any atom is 0.472 e. The Morgan fingerprint density at radius 1 is 0.299 bits per heavy atom. The van der Waals surface area contributed by atoms with Gasteiger partial charge in [0.1, 0.15) is 25.4 Å². The van der Waals surface area contributed by atoms with E-state index < -0.39 is 91.5 Å². The standard InChI is InChI=1S/C79H142O16P2/c1-4-7-10-13-16-19-22-25-27-28-29-30-31-32-33-34-35-36-37-38-39-40-41-42-43-44-46-49-50-53-56-59-62-65-77(82)89-68-74(80)69-91-96(85,86)92-70-75(81)71-93-97(87,88)94-73-76(95-79(84)67-64-61-58-55-52-47-24-21-18-15-12-9-6-3)72-90-78(83)66-63-60-57-54-51-48-45-26-23-20-17-14-11-8-5-2/h7,10,16,19,25-27,29-30,32-33,35-36,45,74-76,80-81H,4-6,8-9,11-15,17-18,20-24,28,31,34,37-44,46-73H2,1-3H3,(H,85,86)(H,87,88)/b10-7-,19-16-,27-25-,30-29-,33-32-,36-35-,45-26-. The molecule has 0 spiro atoms. The van der Waals surface area contributed by atoms with Crippen LogP contribution in [0.4, 0.5) is 0 Å². The van der Waals surface area contributed by atoms with E-state index in [9.17, 15) is 43.5 Å². The number of hydrogen-bond donors (Lipinski definition) is 4. The Kier molecular flexibility index (Phi) is 70.1. The van der Waals surface area contributed by atoms with Crippen molar-refractivity contribution in [2.75, 3.05) is 39.6 Å². The molecule has 5 atom stereocenters. The molecule has 97 heavy (non-hydrogen) atoms. The lowest BCUT2D eigenvalue weighted by atomic mass is 10.0. The van der Waals surface area contributed by atoms with Crippen LogP contribution in [0.1, 0.15) is 342 Å². The maximum absolute atomic E-state index is 12.9. The van der Waals surface area contributed by atoms with Gasteiger partial charge in [0.15, 0.2) is 6.10 Å². The van der Waals surface area contributed by atoms with Crippen LogP contribution in [0.15, 0.2) is 85.1 Å². The molecule has 0 aliphatic rings. The number of carbonyl (C=O) groups excluding carboxylic acids is 3. The van der Waals surface area contributed by atoms with Crippen molar-refractivity contribution in [2.45, 2.75) is 360 Å². The van der Waals surface area contributed by atoms with E-state index >= 15 is 0 Å². The molecule has 16 nitrogen and oxygen atoms in total. The molecule has 5 unspecified atom stereocenters. The number of aliphatic hydroxyl groups excluding tert-OH is 2. The lowest BCUT2D eigenvalue weighted by Crippen LogP contribution is -2.30. The van der Waals surface area contributed by atoms with Crippen LogP contribution in [0.5, 0.6) is 0 Å². The third-order valence-corrected chi connectivity index (χ3v) is 18.5. The minimum absolute atomic E-state index is 0.109. The van der Waals surface area contributed by atoms with E-state index in [4.69, 9.17) is 32.3 Å². The molecule has 0 aromatic carbocycles. The van der Waals surface area contributed by atoms with E-state index in [0.29, 0.717) is 19.3 Å². The zero-order valence-corrected chi connectivity index (χ0v) is 63.3. The average molecular weight is 1410 g/mol. The zero-order chi connectivity index (χ0) is 70.9. The van der Waals surface area contributed by atoms with Gasteiger partial charge in [-0.15, -0.1) is 0 Å². The van der Waals surface area contributed by atoms with E-state index in [1.807, 2.05) is 0 Å². The zero-order valence-electron chi connectivity index (χ0n) is 61.5. The summed E-state index contributed by atoms with van der Waals surface area (Å²) in [5.74, 6) is -1.57. The Bertz CT molecular complexity index is 2110. The highest BCUT2D eigenvalue weighted by molar-refractivity contribution is 7.47. The Labute approximate surface area is 591 Å². The van der Waals surface area contributed by atoms with Gasteiger partial charge in [-0.3, -0.25) is 32.5 Å². The normalized spacial score (nSPS) is 14.5. The van der Waals surface area contributed by atoms with Crippen LogP contribution in [0, 0.1) is 0 Å². The number of carbonyl (C=O) groups is 3. The highest BCUT2D eigenvalue weighted by Crippen LogP contribution is 2.45. The van der Waals surface area contributed by atoms with Gasteiger partial charge in [-0.05, 0) is 96.3 Å². The predicted octanol–water partition coefficient (Wildman–Crippen LogP) is 22.4. The Hall–Kier alpha value is -3.27. The summed E-state index contributed by atoms with van der Waals surface area (Å²) in [6.45, 7) is 2.59. The Morgan fingerprint density at radius 3 is 0.876 bits per heavy atom. The third-order valence-electron chi connectivity index (χ3n) is 16.6. The summed E-state index contributed by atoms with van der Waals surface area (Å²) >= 11 is 0. The molecule has 0 amide bonds. The quantitative estimate of drug-likeness (QED) is 0.0146. The van der Waals surface area contributed by atoms with Crippen molar-refractivity contribution in [1.29, 1.82) is 0 Å². The average Bonchev–Trinajstić information content (AvgIpc) is 1.49. The van der Waals surface area contributed by atoms with Crippen LogP contribution in [-0.4, -0.2) is 95.9 Å². The fourth-order valence-electron chi connectivity index (χ4n) is 10.7. The molecular weight excluding hydrogens is 1270 g/mol. The molecule has 0 bridgehead atoms. The summed E-state index contributed by atoms with van der Waals surface area (Å²) in [4.78, 5) is 58.5. The largest absolute Gasteiger partial charge is 0.472 e. The van der Waals surface area contributed by atoms with Gasteiger partial charge >= 0.3 is 33.6 Å². The molecule has 0 aliphatic heterocycles. The summed E-state index contributed by atoms with van der Waals surface area (Å²) in [6.07, 6.45) is 80.8. The first-order chi connectivity index (χ1) is 47.2. The van der Waals surface area contributed by atoms with Gasteiger partial charge in [-0.1, -0.05) is 311 Å². The van der Waals surface area contributed by atoms with Gasteiger partial charge in [0.25, 0.3) is 0 Å². The molecule has 0 aromatic rings. The summed E-state index contributed by atoms with van der Waals surface area (Å²) in [7, 11) is -9.77. The first kappa shape index (κ1) is 93.7. The topological polar surface area (TPSA) is 231 Å². The number of hydrogen-bond acceptors (Lipinski definition) is 14. The van der Waals surface area contributed by atoms with Crippen molar-refractivity contribution >= 4 is 33.6 Å². The van der Waals surface area contributed by atoms with Crippen LogP contribution >= 0.6 is 15.6 Å². The van der Waals surface area contributed by atoms with Gasteiger partial charge < -0.3 is 34.2 Å². The van der Waals surface area contributed by atoms with E-state index in [1.165, 1.54) is 154 Å². The van der Waals surface area contributed by atoms with Gasteiger partial charge in [0.2, 0.25) is 0 Å². The number of esters is 3.